The van der Waals surface area contributed by atoms with Crippen LogP contribution in [-0.4, -0.2) is 84.2 Å². The highest BCUT2D eigenvalue weighted by atomic mass is 16.5. The Bertz CT molecular complexity index is 700. The van der Waals surface area contributed by atoms with Crippen LogP contribution in [0.2, 0.25) is 0 Å². The predicted molar refractivity (Wildman–Crippen MR) is 152 cm³/mol. The summed E-state index contributed by atoms with van der Waals surface area (Å²) in [6.45, 7) is 26.2. The maximum Gasteiger partial charge on any atom is 0.222 e. The molecule has 0 radical (unpaired) electrons. The number of hydrogen-bond donors (Lipinski definition) is 0. The third-order valence-corrected chi connectivity index (χ3v) is 7.62. The van der Waals surface area contributed by atoms with Crippen molar-refractivity contribution in [2.75, 3.05) is 39.3 Å². The highest BCUT2D eigenvalue weighted by Gasteiger charge is 2.40. The first-order valence-electron chi connectivity index (χ1n) is 14.9. The Hall–Kier alpha value is -1.09. The molecule has 0 aromatic rings. The van der Waals surface area contributed by atoms with E-state index in [2.05, 4.69) is 88.9 Å². The van der Waals surface area contributed by atoms with Gasteiger partial charge in [-0.25, -0.2) is 0 Å². The molecule has 5 nitrogen and oxygen atoms in total. The molecule has 2 saturated heterocycles. The van der Waals surface area contributed by atoms with E-state index in [0.29, 0.717) is 48.1 Å². The first-order chi connectivity index (χ1) is 17.0. The molecule has 5 heteroatoms. The van der Waals surface area contributed by atoms with E-state index in [9.17, 15) is 4.79 Å². The molecule has 0 N–H and O–H groups in total. The monoisotopic (exact) mass is 503 g/mol. The van der Waals surface area contributed by atoms with Crippen LogP contribution in [0.25, 0.3) is 0 Å². The molecule has 2 heterocycles. The molecular weight excluding hydrogens is 446 g/mol. The summed E-state index contributed by atoms with van der Waals surface area (Å²) in [5.41, 5.74) is 0. The minimum atomic E-state index is -0.0162. The summed E-state index contributed by atoms with van der Waals surface area (Å²) in [5.74, 6) is 9.18. The fraction of sp³-hybridized carbons (Fsp3) is 0.903. The van der Waals surface area contributed by atoms with Crippen molar-refractivity contribution in [2.45, 2.75) is 119 Å². The van der Waals surface area contributed by atoms with Gasteiger partial charge in [-0.15, -0.1) is 0 Å². The topological polar surface area (TPSA) is 36.0 Å². The Morgan fingerprint density at radius 1 is 0.889 bits per heavy atom. The van der Waals surface area contributed by atoms with E-state index in [-0.39, 0.29) is 12.2 Å². The van der Waals surface area contributed by atoms with Gasteiger partial charge in [0.05, 0.1) is 6.10 Å². The summed E-state index contributed by atoms with van der Waals surface area (Å²) in [4.78, 5) is 20.3. The van der Waals surface area contributed by atoms with Crippen LogP contribution >= 0.6 is 0 Å². The van der Waals surface area contributed by atoms with Crippen LogP contribution in [0, 0.1) is 35.5 Å². The lowest BCUT2D eigenvalue weighted by Gasteiger charge is -2.50. The second kappa shape index (κ2) is 15.4. The smallest absolute Gasteiger partial charge is 0.222 e. The highest BCUT2D eigenvalue weighted by molar-refractivity contribution is 5.76. The molecule has 0 saturated carbocycles. The Morgan fingerprint density at radius 3 is 2.11 bits per heavy atom. The van der Waals surface area contributed by atoms with Gasteiger partial charge in [0.15, 0.2) is 0 Å². The number of rotatable bonds is 11. The van der Waals surface area contributed by atoms with E-state index in [1.165, 1.54) is 0 Å². The minimum absolute atomic E-state index is 0.0162. The van der Waals surface area contributed by atoms with Crippen LogP contribution in [0.4, 0.5) is 0 Å². The molecule has 1 amide bonds. The normalized spacial score (nSPS) is 23.9. The molecular formula is C31H57N3O2. The minimum Gasteiger partial charge on any atom is -0.362 e. The fourth-order valence-electron chi connectivity index (χ4n) is 5.99. The molecule has 36 heavy (non-hydrogen) atoms. The zero-order valence-electron chi connectivity index (χ0n) is 25.1. The third kappa shape index (κ3) is 10.3. The third-order valence-electron chi connectivity index (χ3n) is 7.62. The van der Waals surface area contributed by atoms with Gasteiger partial charge in [0.2, 0.25) is 5.91 Å². The van der Waals surface area contributed by atoms with Gasteiger partial charge < -0.3 is 9.64 Å². The average molecular weight is 504 g/mol. The van der Waals surface area contributed by atoms with Gasteiger partial charge in [0.1, 0.15) is 6.10 Å². The number of ether oxygens (including phenoxy) is 1. The molecule has 2 aliphatic rings. The number of nitrogens with zero attached hydrogens (tertiary/aromatic N) is 3. The van der Waals surface area contributed by atoms with Gasteiger partial charge in [0, 0.05) is 63.7 Å². The SMILES string of the molecule is CC(C)C#C[C@@H](C)OC1CCN(CC(C)C)C(C(C(C)C)N2CCN(C(=O)CCCC(C)C)CC2)C1. The second-order valence-corrected chi connectivity index (χ2v) is 12.8. The van der Waals surface area contributed by atoms with Gasteiger partial charge in [0.25, 0.3) is 0 Å². The maximum absolute atomic E-state index is 12.8. The van der Waals surface area contributed by atoms with Gasteiger partial charge in [-0.05, 0) is 43.9 Å². The molecule has 208 valence electrons. The molecule has 2 aliphatic heterocycles. The van der Waals surface area contributed by atoms with Gasteiger partial charge in [-0.3, -0.25) is 14.6 Å². The van der Waals surface area contributed by atoms with E-state index in [0.717, 1.165) is 65.0 Å². The van der Waals surface area contributed by atoms with Crippen molar-refractivity contribution in [3.05, 3.63) is 0 Å². The Morgan fingerprint density at radius 2 is 1.56 bits per heavy atom. The van der Waals surface area contributed by atoms with Crippen LogP contribution < -0.4 is 0 Å². The Balaban J connectivity index is 2.06. The molecule has 0 aromatic carbocycles. The fourth-order valence-corrected chi connectivity index (χ4v) is 5.99. The van der Waals surface area contributed by atoms with E-state index in [4.69, 9.17) is 4.74 Å². The number of hydrogen-bond acceptors (Lipinski definition) is 4. The lowest BCUT2D eigenvalue weighted by atomic mass is 9.85. The van der Waals surface area contributed by atoms with Crippen LogP contribution in [0.15, 0.2) is 0 Å². The van der Waals surface area contributed by atoms with Crippen molar-refractivity contribution < 1.29 is 9.53 Å². The number of amides is 1. The molecule has 0 aromatic heterocycles. The summed E-state index contributed by atoms with van der Waals surface area (Å²) in [7, 11) is 0. The van der Waals surface area contributed by atoms with Gasteiger partial charge in [-0.1, -0.05) is 73.7 Å². The standard InChI is InChI=1S/C31H57N3O2/c1-23(2)11-10-12-30(35)32-17-19-33(20-18-32)31(26(7)8)29-21-28(15-16-34(29)22-25(5)6)36-27(9)14-13-24(3)4/h23-29,31H,10-12,15-22H2,1-9H3/t27-,28?,29?,31?/m1/s1. The molecule has 0 spiro atoms. The number of carbonyl (C=O) groups excluding carboxylic acids is 1. The lowest BCUT2D eigenvalue weighted by molar-refractivity contribution is -0.134. The van der Waals surface area contributed by atoms with Crippen molar-refractivity contribution >= 4 is 5.91 Å². The summed E-state index contributed by atoms with van der Waals surface area (Å²) in [6.07, 6.45) is 5.25. The van der Waals surface area contributed by atoms with Crippen LogP contribution in [0.3, 0.4) is 0 Å². The first kappa shape index (κ1) is 31.1. The van der Waals surface area contributed by atoms with Crippen molar-refractivity contribution in [3.63, 3.8) is 0 Å². The number of piperidine rings is 1. The molecule has 2 rings (SSSR count). The van der Waals surface area contributed by atoms with Crippen LogP contribution in [-0.2, 0) is 9.53 Å². The quantitative estimate of drug-likeness (QED) is 0.347. The van der Waals surface area contributed by atoms with E-state index >= 15 is 0 Å². The molecule has 4 atom stereocenters. The Kier molecular flexibility index (Phi) is 13.3. The highest BCUT2D eigenvalue weighted by Crippen LogP contribution is 2.30. The van der Waals surface area contributed by atoms with E-state index in [1.54, 1.807) is 0 Å². The number of carbonyl (C=O) groups is 1. The predicted octanol–water partition coefficient (Wildman–Crippen LogP) is 5.54. The summed E-state index contributed by atoms with van der Waals surface area (Å²) in [6, 6.07) is 0.954. The van der Waals surface area contributed by atoms with Crippen molar-refractivity contribution in [2.24, 2.45) is 23.7 Å². The molecule has 3 unspecified atom stereocenters. The van der Waals surface area contributed by atoms with Crippen molar-refractivity contribution in [1.82, 2.24) is 14.7 Å². The maximum atomic E-state index is 12.8. The zero-order chi connectivity index (χ0) is 26.8. The Labute approximate surface area is 223 Å². The number of piperazine rings is 1. The summed E-state index contributed by atoms with van der Waals surface area (Å²) < 4.78 is 6.47. The van der Waals surface area contributed by atoms with E-state index in [1.807, 2.05) is 0 Å². The zero-order valence-corrected chi connectivity index (χ0v) is 25.1. The summed E-state index contributed by atoms with van der Waals surface area (Å²) in [5, 5.41) is 0. The lowest BCUT2D eigenvalue weighted by Crippen LogP contribution is -2.62. The van der Waals surface area contributed by atoms with Crippen molar-refractivity contribution in [1.29, 1.82) is 0 Å². The molecule has 2 fully saturated rings. The van der Waals surface area contributed by atoms with Gasteiger partial charge in [-0.2, -0.15) is 0 Å². The largest absolute Gasteiger partial charge is 0.362 e. The molecule has 0 bridgehead atoms. The summed E-state index contributed by atoms with van der Waals surface area (Å²) >= 11 is 0. The van der Waals surface area contributed by atoms with Crippen LogP contribution in [0.5, 0.6) is 0 Å². The van der Waals surface area contributed by atoms with E-state index < -0.39 is 0 Å². The second-order valence-electron chi connectivity index (χ2n) is 12.8. The first-order valence-corrected chi connectivity index (χ1v) is 14.9. The van der Waals surface area contributed by atoms with Crippen LogP contribution in [0.1, 0.15) is 94.4 Å². The molecule has 0 aliphatic carbocycles. The van der Waals surface area contributed by atoms with Gasteiger partial charge >= 0.3 is 0 Å². The number of likely N-dealkylation sites (tertiary alicyclic amines) is 1. The van der Waals surface area contributed by atoms with Crippen molar-refractivity contribution in [3.8, 4) is 11.8 Å². The average Bonchev–Trinajstić information content (AvgIpc) is 2.79.